The first-order chi connectivity index (χ1) is 12.1. The summed E-state index contributed by atoms with van der Waals surface area (Å²) in [5, 5.41) is 9.46. The van der Waals surface area contributed by atoms with E-state index in [-0.39, 0.29) is 12.0 Å². The van der Waals surface area contributed by atoms with E-state index in [0.29, 0.717) is 6.54 Å². The van der Waals surface area contributed by atoms with Gasteiger partial charge in [0.15, 0.2) is 0 Å². The molecule has 0 bridgehead atoms. The van der Waals surface area contributed by atoms with Crippen molar-refractivity contribution in [2.75, 3.05) is 20.2 Å². The number of hydrogen-bond donors (Lipinski definition) is 1. The molecule has 2 aromatic carbocycles. The van der Waals surface area contributed by atoms with E-state index in [4.69, 9.17) is 4.74 Å². The Morgan fingerprint density at radius 3 is 2.64 bits per heavy atom. The van der Waals surface area contributed by atoms with Crippen molar-refractivity contribution in [3.63, 3.8) is 0 Å². The lowest BCUT2D eigenvalue weighted by molar-refractivity contribution is -0.143. The van der Waals surface area contributed by atoms with E-state index in [1.54, 1.807) is 7.11 Å². The zero-order chi connectivity index (χ0) is 17.8. The van der Waals surface area contributed by atoms with Crippen molar-refractivity contribution in [2.45, 2.75) is 18.9 Å². The van der Waals surface area contributed by atoms with E-state index >= 15 is 0 Å². The van der Waals surface area contributed by atoms with Gasteiger partial charge in [-0.25, -0.2) is 0 Å². The maximum atomic E-state index is 11.5. The van der Waals surface area contributed by atoms with E-state index in [1.807, 2.05) is 30.3 Å². The number of likely N-dealkylation sites (tertiary alicyclic amines) is 1. The molecular formula is C20H22BrNO3. The molecule has 0 saturated carbocycles. The number of methoxy groups -OCH3 is 1. The summed E-state index contributed by atoms with van der Waals surface area (Å²) in [7, 11) is 1.67. The molecule has 0 spiro atoms. The summed E-state index contributed by atoms with van der Waals surface area (Å²) in [6.45, 7) is 1.43. The Labute approximate surface area is 156 Å². The minimum atomic E-state index is -0.709. The fraction of sp³-hybridized carbons (Fsp3) is 0.350. The first-order valence-electron chi connectivity index (χ1n) is 8.45. The van der Waals surface area contributed by atoms with Gasteiger partial charge >= 0.3 is 5.97 Å². The van der Waals surface area contributed by atoms with Gasteiger partial charge in [0.2, 0.25) is 0 Å². The Hall–Kier alpha value is -1.85. The van der Waals surface area contributed by atoms with Crippen molar-refractivity contribution in [3.8, 4) is 5.75 Å². The smallest absolute Gasteiger partial charge is 0.307 e. The van der Waals surface area contributed by atoms with Gasteiger partial charge in [-0.3, -0.25) is 9.69 Å². The second-order valence-electron chi connectivity index (χ2n) is 6.37. The molecule has 0 aromatic heterocycles. The number of carboxylic acids is 1. The predicted molar refractivity (Wildman–Crippen MR) is 101 cm³/mol. The first-order valence-corrected chi connectivity index (χ1v) is 9.24. The summed E-state index contributed by atoms with van der Waals surface area (Å²) in [5.74, 6) is -0.200. The van der Waals surface area contributed by atoms with Crippen molar-refractivity contribution in [1.29, 1.82) is 0 Å². The highest BCUT2D eigenvalue weighted by Gasteiger charge is 2.32. The van der Waals surface area contributed by atoms with Crippen LogP contribution < -0.4 is 4.74 Å². The zero-order valence-corrected chi connectivity index (χ0v) is 15.8. The summed E-state index contributed by atoms with van der Waals surface area (Å²) < 4.78 is 6.61. The fourth-order valence-electron chi connectivity index (χ4n) is 3.57. The zero-order valence-electron chi connectivity index (χ0n) is 14.2. The van der Waals surface area contributed by atoms with Crippen LogP contribution in [0.15, 0.2) is 53.0 Å². The largest absolute Gasteiger partial charge is 0.496 e. The average Bonchev–Trinajstić information content (AvgIpc) is 2.64. The number of carbonyl (C=O) groups is 1. The number of ether oxygens (including phenoxy) is 1. The molecule has 1 aliphatic heterocycles. The third kappa shape index (κ3) is 4.05. The minimum Gasteiger partial charge on any atom is -0.496 e. The standard InChI is InChI=1S/C20H22BrNO3/c1-25-18-7-3-2-6-17(18)19(14-8-10-16(21)11-9-14)22-12-4-5-15(13-22)20(23)24/h2-3,6-11,15,19H,4-5,12-13H2,1H3,(H,23,24). The fourth-order valence-corrected chi connectivity index (χ4v) is 3.83. The molecule has 3 rings (SSSR count). The van der Waals surface area contributed by atoms with E-state index in [0.717, 1.165) is 40.7 Å². The van der Waals surface area contributed by atoms with Gasteiger partial charge < -0.3 is 9.84 Å². The maximum absolute atomic E-state index is 11.5. The topological polar surface area (TPSA) is 49.8 Å². The van der Waals surface area contributed by atoms with Crippen molar-refractivity contribution in [2.24, 2.45) is 5.92 Å². The molecule has 132 valence electrons. The van der Waals surface area contributed by atoms with Crippen molar-refractivity contribution < 1.29 is 14.6 Å². The van der Waals surface area contributed by atoms with Gasteiger partial charge in [0.25, 0.3) is 0 Å². The Morgan fingerprint density at radius 2 is 1.96 bits per heavy atom. The lowest BCUT2D eigenvalue weighted by Crippen LogP contribution is -2.41. The van der Waals surface area contributed by atoms with E-state index < -0.39 is 5.97 Å². The highest BCUT2D eigenvalue weighted by atomic mass is 79.9. The summed E-state index contributed by atoms with van der Waals surface area (Å²) >= 11 is 3.49. The monoisotopic (exact) mass is 403 g/mol. The summed E-state index contributed by atoms with van der Waals surface area (Å²) in [6.07, 6.45) is 1.63. The average molecular weight is 404 g/mol. The van der Waals surface area contributed by atoms with Crippen molar-refractivity contribution in [1.82, 2.24) is 4.90 Å². The quantitative estimate of drug-likeness (QED) is 0.806. The highest BCUT2D eigenvalue weighted by Crippen LogP contribution is 2.37. The number of piperidine rings is 1. The number of para-hydroxylation sites is 1. The molecule has 1 heterocycles. The molecule has 0 aliphatic carbocycles. The molecule has 2 aromatic rings. The van der Waals surface area contributed by atoms with Crippen LogP contribution >= 0.6 is 15.9 Å². The van der Waals surface area contributed by atoms with E-state index in [2.05, 4.69) is 39.0 Å². The first kappa shape index (κ1) is 18.0. The normalized spacial score (nSPS) is 19.4. The van der Waals surface area contributed by atoms with Crippen LogP contribution in [-0.4, -0.2) is 36.2 Å². The van der Waals surface area contributed by atoms with Gasteiger partial charge in [0, 0.05) is 16.6 Å². The summed E-state index contributed by atoms with van der Waals surface area (Å²) in [6, 6.07) is 16.2. The third-order valence-electron chi connectivity index (χ3n) is 4.79. The predicted octanol–water partition coefficient (Wildman–Crippen LogP) is 4.34. The van der Waals surface area contributed by atoms with Gasteiger partial charge in [-0.2, -0.15) is 0 Å². The Morgan fingerprint density at radius 1 is 1.24 bits per heavy atom. The maximum Gasteiger partial charge on any atom is 0.307 e. The molecule has 2 atom stereocenters. The SMILES string of the molecule is COc1ccccc1C(c1ccc(Br)cc1)N1CCCC(C(=O)O)C1. The third-order valence-corrected chi connectivity index (χ3v) is 5.32. The molecule has 4 nitrogen and oxygen atoms in total. The van der Waals surface area contributed by atoms with Gasteiger partial charge in [-0.15, -0.1) is 0 Å². The summed E-state index contributed by atoms with van der Waals surface area (Å²) in [4.78, 5) is 13.8. The highest BCUT2D eigenvalue weighted by molar-refractivity contribution is 9.10. The lowest BCUT2D eigenvalue weighted by atomic mass is 9.91. The van der Waals surface area contributed by atoms with E-state index in [9.17, 15) is 9.90 Å². The van der Waals surface area contributed by atoms with Crippen LogP contribution in [0.3, 0.4) is 0 Å². The molecule has 1 fully saturated rings. The molecule has 5 heteroatoms. The summed E-state index contributed by atoms with van der Waals surface area (Å²) in [5.41, 5.74) is 2.21. The number of halogens is 1. The molecule has 1 aliphatic rings. The number of rotatable bonds is 5. The second-order valence-corrected chi connectivity index (χ2v) is 7.28. The van der Waals surface area contributed by atoms with Crippen LogP contribution in [0.5, 0.6) is 5.75 Å². The number of carboxylic acid groups (broad SMARTS) is 1. The molecule has 0 amide bonds. The molecule has 25 heavy (non-hydrogen) atoms. The van der Waals surface area contributed by atoms with Crippen LogP contribution in [0.2, 0.25) is 0 Å². The van der Waals surface area contributed by atoms with Crippen LogP contribution in [0, 0.1) is 5.92 Å². The molecule has 1 N–H and O–H groups in total. The molecular weight excluding hydrogens is 382 g/mol. The van der Waals surface area contributed by atoms with Gasteiger partial charge in [-0.05, 0) is 43.1 Å². The van der Waals surface area contributed by atoms with E-state index in [1.165, 1.54) is 0 Å². The molecule has 0 radical (unpaired) electrons. The number of benzene rings is 2. The molecule has 2 unspecified atom stereocenters. The Balaban J connectivity index is 2.02. The van der Waals surface area contributed by atoms with Crippen LogP contribution in [0.4, 0.5) is 0 Å². The Bertz CT molecular complexity index is 732. The lowest BCUT2D eigenvalue weighted by Gasteiger charge is -2.38. The van der Waals surface area contributed by atoms with Crippen LogP contribution in [0.1, 0.15) is 30.0 Å². The van der Waals surface area contributed by atoms with Gasteiger partial charge in [-0.1, -0.05) is 46.3 Å². The van der Waals surface area contributed by atoms with Crippen molar-refractivity contribution in [3.05, 3.63) is 64.1 Å². The second kappa shape index (κ2) is 8.02. The molecule has 1 saturated heterocycles. The van der Waals surface area contributed by atoms with Gasteiger partial charge in [0.1, 0.15) is 5.75 Å². The minimum absolute atomic E-state index is 0.0219. The number of hydrogen-bond acceptors (Lipinski definition) is 3. The van der Waals surface area contributed by atoms with Crippen molar-refractivity contribution >= 4 is 21.9 Å². The number of aliphatic carboxylic acids is 1. The Kier molecular flexibility index (Phi) is 5.76. The van der Waals surface area contributed by atoms with Gasteiger partial charge in [0.05, 0.1) is 19.1 Å². The van der Waals surface area contributed by atoms with Crippen LogP contribution in [-0.2, 0) is 4.79 Å². The number of nitrogens with zero attached hydrogens (tertiary/aromatic N) is 1. The van der Waals surface area contributed by atoms with Crippen LogP contribution in [0.25, 0.3) is 0 Å².